The van der Waals surface area contributed by atoms with Gasteiger partial charge in [-0.15, -0.1) is 0 Å². The van der Waals surface area contributed by atoms with Gasteiger partial charge in [-0.25, -0.2) is 9.59 Å². The predicted molar refractivity (Wildman–Crippen MR) is 101 cm³/mol. The number of benzene rings is 2. The number of carbonyl (C=O) groups excluding carboxylic acids is 3. The zero-order chi connectivity index (χ0) is 19.8. The number of carbonyl (C=O) groups is 3. The van der Waals surface area contributed by atoms with E-state index in [1.54, 1.807) is 62.4 Å². The summed E-state index contributed by atoms with van der Waals surface area (Å²) < 4.78 is 10.1. The summed E-state index contributed by atoms with van der Waals surface area (Å²) in [5.74, 6) is -2.16. The van der Waals surface area contributed by atoms with Gasteiger partial charge in [-0.3, -0.25) is 9.69 Å². The Morgan fingerprint density at radius 2 is 1.48 bits per heavy atom. The van der Waals surface area contributed by atoms with E-state index in [1.165, 1.54) is 0 Å². The maximum atomic E-state index is 13.2. The van der Waals surface area contributed by atoms with Gasteiger partial charge >= 0.3 is 11.9 Å². The first-order valence-corrected chi connectivity index (χ1v) is 8.78. The van der Waals surface area contributed by atoms with Crippen molar-refractivity contribution in [2.24, 2.45) is 0 Å². The van der Waals surface area contributed by atoms with Crippen molar-refractivity contribution in [2.75, 3.05) is 18.1 Å². The Hall–Kier alpha value is -3.15. The largest absolute Gasteiger partial charge is 0.464 e. The zero-order valence-electron chi connectivity index (χ0n) is 15.7. The molecule has 0 saturated carbocycles. The molecule has 0 N–H and O–H groups in total. The highest BCUT2D eigenvalue weighted by Gasteiger charge is 2.40. The molecule has 0 bridgehead atoms. The van der Waals surface area contributed by atoms with Crippen LogP contribution in [0.5, 0.6) is 0 Å². The second-order valence-corrected chi connectivity index (χ2v) is 5.79. The van der Waals surface area contributed by atoms with E-state index in [0.717, 1.165) is 10.5 Å². The normalized spacial score (nSPS) is 10.4. The van der Waals surface area contributed by atoms with Crippen LogP contribution in [-0.4, -0.2) is 37.1 Å². The summed E-state index contributed by atoms with van der Waals surface area (Å²) in [6.07, 6.45) is 0. The molecule has 1 amide bonds. The molecule has 2 rings (SSSR count). The molecule has 0 radical (unpaired) electrons. The summed E-state index contributed by atoms with van der Waals surface area (Å²) in [6, 6.07) is 13.9. The summed E-state index contributed by atoms with van der Waals surface area (Å²) in [4.78, 5) is 39.5. The number of hydrogen-bond donors (Lipinski definition) is 0. The van der Waals surface area contributed by atoms with Gasteiger partial charge in [0.2, 0.25) is 6.04 Å². The van der Waals surface area contributed by atoms with Crippen LogP contribution >= 0.6 is 0 Å². The second-order valence-electron chi connectivity index (χ2n) is 5.79. The lowest BCUT2D eigenvalue weighted by Gasteiger charge is -2.29. The molecule has 0 aliphatic heterocycles. The Kier molecular flexibility index (Phi) is 7.11. The highest BCUT2D eigenvalue weighted by molar-refractivity contribution is 6.15. The Bertz CT molecular complexity index is 785. The van der Waals surface area contributed by atoms with Crippen molar-refractivity contribution in [3.63, 3.8) is 0 Å². The number of anilines is 1. The first-order valence-electron chi connectivity index (χ1n) is 8.78. The number of hydrogen-bond acceptors (Lipinski definition) is 5. The van der Waals surface area contributed by atoms with Gasteiger partial charge in [-0.2, -0.15) is 0 Å². The van der Waals surface area contributed by atoms with Crippen molar-refractivity contribution in [1.29, 1.82) is 0 Å². The van der Waals surface area contributed by atoms with E-state index in [2.05, 4.69) is 0 Å². The maximum absolute atomic E-state index is 13.2. The van der Waals surface area contributed by atoms with Crippen molar-refractivity contribution in [2.45, 2.75) is 26.8 Å². The standard InChI is InChI=1S/C21H23NO5/c1-4-26-20(24)18(21(25)27-5-2)22(17-13-9-10-15(3)14-17)19(23)16-11-7-6-8-12-16/h6-14,18H,4-5H2,1-3H3. The Morgan fingerprint density at radius 3 is 2.00 bits per heavy atom. The third kappa shape index (κ3) is 4.94. The molecule has 0 unspecified atom stereocenters. The van der Waals surface area contributed by atoms with Gasteiger partial charge in [-0.1, -0.05) is 30.3 Å². The van der Waals surface area contributed by atoms with Crippen molar-refractivity contribution >= 4 is 23.5 Å². The molecule has 2 aromatic rings. The summed E-state index contributed by atoms with van der Waals surface area (Å²) >= 11 is 0. The number of esters is 2. The van der Waals surface area contributed by atoms with Crippen LogP contribution in [0.1, 0.15) is 29.8 Å². The van der Waals surface area contributed by atoms with Gasteiger partial charge in [0, 0.05) is 11.3 Å². The highest BCUT2D eigenvalue weighted by atomic mass is 16.6. The van der Waals surface area contributed by atoms with Gasteiger partial charge in [0.25, 0.3) is 5.91 Å². The minimum absolute atomic E-state index is 0.0793. The molecule has 0 saturated heterocycles. The summed E-state index contributed by atoms with van der Waals surface area (Å²) in [7, 11) is 0. The van der Waals surface area contributed by atoms with E-state index in [0.29, 0.717) is 11.3 Å². The van der Waals surface area contributed by atoms with Crippen molar-refractivity contribution in [3.05, 3.63) is 65.7 Å². The third-order valence-corrected chi connectivity index (χ3v) is 3.80. The Morgan fingerprint density at radius 1 is 0.889 bits per heavy atom. The second kappa shape index (κ2) is 9.52. The van der Waals surface area contributed by atoms with Crippen molar-refractivity contribution < 1.29 is 23.9 Å². The average molecular weight is 369 g/mol. The van der Waals surface area contributed by atoms with Crippen LogP contribution in [0.2, 0.25) is 0 Å². The molecule has 0 fully saturated rings. The number of amides is 1. The molecular formula is C21H23NO5. The van der Waals surface area contributed by atoms with Crippen LogP contribution in [0.15, 0.2) is 54.6 Å². The van der Waals surface area contributed by atoms with Crippen molar-refractivity contribution in [1.82, 2.24) is 0 Å². The molecule has 6 nitrogen and oxygen atoms in total. The van der Waals surface area contributed by atoms with Crippen LogP contribution in [0.4, 0.5) is 5.69 Å². The molecule has 27 heavy (non-hydrogen) atoms. The Balaban J connectivity index is 2.58. The molecule has 0 aliphatic carbocycles. The molecule has 0 heterocycles. The quantitative estimate of drug-likeness (QED) is 0.554. The van der Waals surface area contributed by atoms with E-state index in [1.807, 2.05) is 13.0 Å². The first kappa shape index (κ1) is 20.2. The molecule has 6 heteroatoms. The van der Waals surface area contributed by atoms with E-state index in [9.17, 15) is 14.4 Å². The topological polar surface area (TPSA) is 72.9 Å². The van der Waals surface area contributed by atoms with E-state index >= 15 is 0 Å². The van der Waals surface area contributed by atoms with Gasteiger partial charge in [0.15, 0.2) is 0 Å². The van der Waals surface area contributed by atoms with Gasteiger partial charge in [0.1, 0.15) is 0 Å². The first-order chi connectivity index (χ1) is 13.0. The fourth-order valence-electron chi connectivity index (χ4n) is 2.63. The van der Waals surface area contributed by atoms with Gasteiger partial charge in [0.05, 0.1) is 13.2 Å². The van der Waals surface area contributed by atoms with Crippen molar-refractivity contribution in [3.8, 4) is 0 Å². The monoisotopic (exact) mass is 369 g/mol. The third-order valence-electron chi connectivity index (χ3n) is 3.80. The van der Waals surface area contributed by atoms with E-state index in [4.69, 9.17) is 9.47 Å². The lowest BCUT2D eigenvalue weighted by molar-refractivity contribution is -0.156. The van der Waals surface area contributed by atoms with Crippen LogP contribution in [0, 0.1) is 6.92 Å². The number of aryl methyl sites for hydroxylation is 1. The summed E-state index contributed by atoms with van der Waals surface area (Å²) in [5.41, 5.74) is 1.64. The molecule has 0 atom stereocenters. The molecule has 0 aliphatic rings. The van der Waals surface area contributed by atoms with Gasteiger partial charge in [-0.05, 0) is 50.6 Å². The van der Waals surface area contributed by atoms with Crippen LogP contribution < -0.4 is 4.90 Å². The van der Waals surface area contributed by atoms with Crippen LogP contribution in [-0.2, 0) is 19.1 Å². The summed E-state index contributed by atoms with van der Waals surface area (Å²) in [5, 5.41) is 0. The number of nitrogens with zero attached hydrogens (tertiary/aromatic N) is 1. The molecule has 0 spiro atoms. The minimum Gasteiger partial charge on any atom is -0.464 e. The smallest absolute Gasteiger partial charge is 0.341 e. The average Bonchev–Trinajstić information content (AvgIpc) is 2.66. The van der Waals surface area contributed by atoms with Gasteiger partial charge < -0.3 is 9.47 Å². The van der Waals surface area contributed by atoms with E-state index < -0.39 is 23.9 Å². The molecule has 2 aromatic carbocycles. The highest BCUT2D eigenvalue weighted by Crippen LogP contribution is 2.23. The fraction of sp³-hybridized carbons (Fsp3) is 0.286. The van der Waals surface area contributed by atoms with Crippen LogP contribution in [0.3, 0.4) is 0 Å². The fourth-order valence-corrected chi connectivity index (χ4v) is 2.63. The number of ether oxygens (including phenoxy) is 2. The maximum Gasteiger partial charge on any atom is 0.341 e. The SMILES string of the molecule is CCOC(=O)C(C(=O)OCC)N(C(=O)c1ccccc1)c1cccc(C)c1. The van der Waals surface area contributed by atoms with Crippen LogP contribution in [0.25, 0.3) is 0 Å². The Labute approximate surface area is 158 Å². The molecular weight excluding hydrogens is 346 g/mol. The number of rotatable bonds is 7. The predicted octanol–water partition coefficient (Wildman–Crippen LogP) is 3.14. The lowest BCUT2D eigenvalue weighted by atomic mass is 10.1. The molecule has 142 valence electrons. The minimum atomic E-state index is -1.53. The lowest BCUT2D eigenvalue weighted by Crippen LogP contribution is -2.51. The molecule has 0 aromatic heterocycles. The summed E-state index contributed by atoms with van der Waals surface area (Å²) in [6.45, 7) is 5.29. The zero-order valence-corrected chi connectivity index (χ0v) is 15.7. The van der Waals surface area contributed by atoms with E-state index in [-0.39, 0.29) is 13.2 Å².